The number of aliphatic carboxylic acids is 1. The van der Waals surface area contributed by atoms with Gasteiger partial charge in [0.15, 0.2) is 0 Å². The summed E-state index contributed by atoms with van der Waals surface area (Å²) in [7, 11) is 0. The number of halogens is 2. The maximum Gasteiger partial charge on any atom is 0.320 e. The van der Waals surface area contributed by atoms with Gasteiger partial charge in [-0.2, -0.15) is 0 Å². The van der Waals surface area contributed by atoms with Crippen molar-refractivity contribution in [2.75, 3.05) is 11.4 Å². The summed E-state index contributed by atoms with van der Waals surface area (Å²) in [5.41, 5.74) is 0.480. The van der Waals surface area contributed by atoms with Gasteiger partial charge >= 0.3 is 11.3 Å². The molecule has 0 fully saturated rings. The topological polar surface area (TPSA) is 57.6 Å². The summed E-state index contributed by atoms with van der Waals surface area (Å²) in [5.74, 6) is -0.995. The number of amides is 1. The Bertz CT molecular complexity index is 409. The Morgan fingerprint density at radius 2 is 2.06 bits per heavy atom. The predicted molar refractivity (Wildman–Crippen MR) is 62.3 cm³/mol. The maximum atomic E-state index is 11.1. The number of carboxylic acids is 1. The number of carboxylic acid groups (broad SMARTS) is 1. The molecule has 0 radical (unpaired) electrons. The zero-order valence-corrected chi connectivity index (χ0v) is 9.70. The highest BCUT2D eigenvalue weighted by Crippen LogP contribution is 2.21. The summed E-state index contributed by atoms with van der Waals surface area (Å²) >= 11 is 11.1. The van der Waals surface area contributed by atoms with E-state index in [0.717, 1.165) is 4.90 Å². The Morgan fingerprint density at radius 3 is 2.56 bits per heavy atom. The van der Waals surface area contributed by atoms with Crippen molar-refractivity contribution < 1.29 is 14.7 Å². The largest absolute Gasteiger partial charge is 0.481 e. The molecule has 0 saturated carbocycles. The summed E-state index contributed by atoms with van der Waals surface area (Å²) in [6.07, 6.45) is -0.176. The summed E-state index contributed by atoms with van der Waals surface area (Å²) in [6, 6.07) is 6.49. The van der Waals surface area contributed by atoms with Gasteiger partial charge in [0.1, 0.15) is 0 Å². The normalized spacial score (nSPS) is 9.88. The van der Waals surface area contributed by atoms with Gasteiger partial charge in [-0.3, -0.25) is 14.5 Å². The molecule has 0 unspecified atom stereocenters. The van der Waals surface area contributed by atoms with Crippen molar-refractivity contribution in [2.24, 2.45) is 0 Å². The second kappa shape index (κ2) is 5.72. The molecule has 1 N–H and O–H groups in total. The Balaban J connectivity index is 2.85. The van der Waals surface area contributed by atoms with E-state index in [-0.39, 0.29) is 13.0 Å². The molecule has 0 heterocycles. The fourth-order valence-electron chi connectivity index (χ4n) is 1.17. The molecular weight excluding hydrogens is 253 g/mol. The standard InChI is InChI=1S/C10H9Cl2NO3/c11-7-2-1-3-8(6-7)13(10(12)16)5-4-9(14)15/h1-3,6H,4-5H2,(H,14,15). The number of hydrogen-bond acceptors (Lipinski definition) is 2. The third-order valence-corrected chi connectivity index (χ3v) is 2.32. The molecule has 1 aromatic rings. The third kappa shape index (κ3) is 3.72. The van der Waals surface area contributed by atoms with E-state index >= 15 is 0 Å². The van der Waals surface area contributed by atoms with Crippen LogP contribution >= 0.6 is 23.2 Å². The Hall–Kier alpha value is -1.26. The van der Waals surface area contributed by atoms with E-state index in [2.05, 4.69) is 0 Å². The maximum absolute atomic E-state index is 11.1. The number of anilines is 1. The van der Waals surface area contributed by atoms with E-state index in [9.17, 15) is 9.59 Å². The average Bonchev–Trinajstić information content (AvgIpc) is 2.17. The number of hydrogen-bond donors (Lipinski definition) is 1. The molecule has 4 nitrogen and oxygen atoms in total. The first kappa shape index (κ1) is 12.8. The molecule has 6 heteroatoms. The molecule has 0 saturated heterocycles. The van der Waals surface area contributed by atoms with Gasteiger partial charge in [0.05, 0.1) is 6.42 Å². The lowest BCUT2D eigenvalue weighted by Crippen LogP contribution is -2.28. The van der Waals surface area contributed by atoms with Crippen molar-refractivity contribution in [1.29, 1.82) is 0 Å². The van der Waals surface area contributed by atoms with Crippen molar-refractivity contribution in [3.63, 3.8) is 0 Å². The van der Waals surface area contributed by atoms with Crippen molar-refractivity contribution >= 4 is 40.2 Å². The highest BCUT2D eigenvalue weighted by atomic mass is 35.5. The number of carbonyl (C=O) groups is 2. The lowest BCUT2D eigenvalue weighted by atomic mass is 10.3. The molecule has 0 aromatic heterocycles. The molecule has 0 atom stereocenters. The fraction of sp³-hybridized carbons (Fsp3) is 0.200. The fourth-order valence-corrected chi connectivity index (χ4v) is 1.54. The van der Waals surface area contributed by atoms with Crippen LogP contribution in [0, 0.1) is 0 Å². The second-order valence-electron chi connectivity index (χ2n) is 3.03. The zero-order valence-electron chi connectivity index (χ0n) is 8.19. The molecule has 0 spiro atoms. The first-order valence-corrected chi connectivity index (χ1v) is 5.20. The van der Waals surface area contributed by atoms with E-state index in [1.54, 1.807) is 24.3 Å². The van der Waals surface area contributed by atoms with Gasteiger partial charge in [-0.05, 0) is 29.8 Å². The van der Waals surface area contributed by atoms with E-state index in [4.69, 9.17) is 28.3 Å². The first-order chi connectivity index (χ1) is 7.50. The van der Waals surface area contributed by atoms with Gasteiger partial charge in [-0.1, -0.05) is 17.7 Å². The molecule has 1 rings (SSSR count). The minimum Gasteiger partial charge on any atom is -0.481 e. The van der Waals surface area contributed by atoms with Crippen LogP contribution in [0.2, 0.25) is 5.02 Å². The molecule has 0 aliphatic carbocycles. The van der Waals surface area contributed by atoms with Crippen LogP contribution < -0.4 is 4.90 Å². The van der Waals surface area contributed by atoms with Crippen molar-refractivity contribution in [2.45, 2.75) is 6.42 Å². The number of carbonyl (C=O) groups excluding carboxylic acids is 1. The molecule has 1 amide bonds. The molecule has 0 aliphatic heterocycles. The first-order valence-electron chi connectivity index (χ1n) is 4.45. The van der Waals surface area contributed by atoms with Crippen molar-refractivity contribution in [3.8, 4) is 0 Å². The molecule has 1 aromatic carbocycles. The number of nitrogens with zero attached hydrogens (tertiary/aromatic N) is 1. The van der Waals surface area contributed by atoms with Crippen LogP contribution in [-0.2, 0) is 4.79 Å². The van der Waals surface area contributed by atoms with E-state index in [0.29, 0.717) is 10.7 Å². The molecule has 16 heavy (non-hydrogen) atoms. The van der Waals surface area contributed by atoms with Gasteiger partial charge < -0.3 is 5.11 Å². The Labute approximate surface area is 102 Å². The van der Waals surface area contributed by atoms with Crippen molar-refractivity contribution in [1.82, 2.24) is 0 Å². The van der Waals surface area contributed by atoms with Gasteiger partial charge in [0.25, 0.3) is 0 Å². The van der Waals surface area contributed by atoms with Crippen LogP contribution in [0.15, 0.2) is 24.3 Å². The van der Waals surface area contributed by atoms with E-state index < -0.39 is 11.3 Å². The monoisotopic (exact) mass is 261 g/mol. The van der Waals surface area contributed by atoms with Gasteiger partial charge in [0, 0.05) is 17.3 Å². The number of benzene rings is 1. The Kier molecular flexibility index (Phi) is 4.58. The van der Waals surface area contributed by atoms with Gasteiger partial charge in [-0.25, -0.2) is 0 Å². The Morgan fingerprint density at radius 1 is 1.38 bits per heavy atom. The molecule has 86 valence electrons. The minimum atomic E-state index is -0.995. The predicted octanol–water partition coefficient (Wildman–Crippen LogP) is 2.98. The lowest BCUT2D eigenvalue weighted by Gasteiger charge is -2.18. The second-order valence-corrected chi connectivity index (χ2v) is 3.79. The van der Waals surface area contributed by atoms with Crippen LogP contribution in [-0.4, -0.2) is 23.0 Å². The summed E-state index contributed by atoms with van der Waals surface area (Å²) < 4.78 is 0. The summed E-state index contributed by atoms with van der Waals surface area (Å²) in [5, 5.41) is 8.26. The lowest BCUT2D eigenvalue weighted by molar-refractivity contribution is -0.136. The summed E-state index contributed by atoms with van der Waals surface area (Å²) in [6.45, 7) is 0.0119. The quantitative estimate of drug-likeness (QED) is 0.670. The van der Waals surface area contributed by atoms with Gasteiger partial charge in [0.2, 0.25) is 0 Å². The SMILES string of the molecule is O=C(O)CCN(C(=O)Cl)c1cccc(Cl)c1. The smallest absolute Gasteiger partial charge is 0.320 e. The van der Waals surface area contributed by atoms with E-state index in [1.165, 1.54) is 0 Å². The molecule has 0 aliphatic rings. The third-order valence-electron chi connectivity index (χ3n) is 1.88. The van der Waals surface area contributed by atoms with Crippen LogP contribution in [0.25, 0.3) is 0 Å². The number of rotatable bonds is 4. The van der Waals surface area contributed by atoms with Gasteiger partial charge in [-0.15, -0.1) is 0 Å². The van der Waals surface area contributed by atoms with Crippen molar-refractivity contribution in [3.05, 3.63) is 29.3 Å². The van der Waals surface area contributed by atoms with Crippen LogP contribution in [0.5, 0.6) is 0 Å². The molecular formula is C10H9Cl2NO3. The van der Waals surface area contributed by atoms with E-state index in [1.807, 2.05) is 0 Å². The van der Waals surface area contributed by atoms with Crippen LogP contribution in [0.3, 0.4) is 0 Å². The van der Waals surface area contributed by atoms with Crippen LogP contribution in [0.4, 0.5) is 10.5 Å². The highest BCUT2D eigenvalue weighted by Gasteiger charge is 2.14. The van der Waals surface area contributed by atoms with Crippen LogP contribution in [0.1, 0.15) is 6.42 Å². The minimum absolute atomic E-state index is 0.0119. The average molecular weight is 262 g/mol. The zero-order chi connectivity index (χ0) is 12.1. The molecule has 0 bridgehead atoms. The summed E-state index contributed by atoms with van der Waals surface area (Å²) in [4.78, 5) is 22.7. The highest BCUT2D eigenvalue weighted by molar-refractivity contribution is 6.66.